The first-order valence-electron chi connectivity index (χ1n) is 9.59. The van der Waals surface area contributed by atoms with Crippen molar-refractivity contribution in [2.45, 2.75) is 68.7 Å². The molecule has 1 heterocycles. The van der Waals surface area contributed by atoms with Crippen molar-refractivity contribution in [3.05, 3.63) is 28.2 Å². The normalized spacial score (nSPS) is 20.5. The monoisotopic (exact) mass is 442 g/mol. The van der Waals surface area contributed by atoms with Crippen LogP contribution in [0.1, 0.15) is 68.1 Å². The van der Waals surface area contributed by atoms with Gasteiger partial charge in [-0.2, -0.15) is 4.31 Å². The van der Waals surface area contributed by atoms with Gasteiger partial charge in [-0.3, -0.25) is 4.79 Å². The Labute approximate surface area is 164 Å². The zero-order chi connectivity index (χ0) is 18.6. The minimum absolute atomic E-state index is 0.180. The molecule has 1 aliphatic heterocycles. The van der Waals surface area contributed by atoms with Crippen molar-refractivity contribution in [2.24, 2.45) is 0 Å². The van der Waals surface area contributed by atoms with E-state index in [4.69, 9.17) is 0 Å². The predicted octanol–water partition coefficient (Wildman–Crippen LogP) is 4.08. The lowest BCUT2D eigenvalue weighted by Gasteiger charge is -2.26. The maximum atomic E-state index is 12.9. The van der Waals surface area contributed by atoms with Gasteiger partial charge >= 0.3 is 0 Å². The first kappa shape index (κ1) is 19.8. The SMILES string of the molecule is O=C(NC1CCCCCC1)c1cc(S(=O)(=O)N2CCCCC2)ccc1Br. The fourth-order valence-electron chi connectivity index (χ4n) is 3.78. The van der Waals surface area contributed by atoms with Gasteiger partial charge in [0.2, 0.25) is 10.0 Å². The maximum absolute atomic E-state index is 12.9. The maximum Gasteiger partial charge on any atom is 0.252 e. The highest BCUT2D eigenvalue weighted by molar-refractivity contribution is 9.10. The average molecular weight is 443 g/mol. The first-order valence-corrected chi connectivity index (χ1v) is 11.8. The van der Waals surface area contributed by atoms with Crippen molar-refractivity contribution in [3.63, 3.8) is 0 Å². The second-order valence-corrected chi connectivity index (χ2v) is 10.1. The molecule has 0 spiro atoms. The van der Waals surface area contributed by atoms with Crippen molar-refractivity contribution in [1.82, 2.24) is 9.62 Å². The van der Waals surface area contributed by atoms with Crippen LogP contribution < -0.4 is 5.32 Å². The summed E-state index contributed by atoms with van der Waals surface area (Å²) in [4.78, 5) is 13.0. The minimum atomic E-state index is -3.54. The summed E-state index contributed by atoms with van der Waals surface area (Å²) < 4.78 is 27.9. The summed E-state index contributed by atoms with van der Waals surface area (Å²) in [5.41, 5.74) is 0.396. The number of rotatable bonds is 4. The highest BCUT2D eigenvalue weighted by Gasteiger charge is 2.27. The molecule has 1 amide bonds. The van der Waals surface area contributed by atoms with Crippen LogP contribution in [0.3, 0.4) is 0 Å². The van der Waals surface area contributed by atoms with Gasteiger partial charge in [0.1, 0.15) is 0 Å². The number of amides is 1. The van der Waals surface area contributed by atoms with E-state index in [2.05, 4.69) is 21.2 Å². The topological polar surface area (TPSA) is 66.5 Å². The van der Waals surface area contributed by atoms with Crippen LogP contribution >= 0.6 is 15.9 Å². The molecule has 144 valence electrons. The number of sulfonamides is 1. The number of carbonyl (C=O) groups excluding carboxylic acids is 1. The summed E-state index contributed by atoms with van der Waals surface area (Å²) in [6, 6.07) is 4.94. The summed E-state index contributed by atoms with van der Waals surface area (Å²) in [5, 5.41) is 3.10. The molecule has 5 nitrogen and oxygen atoms in total. The summed E-state index contributed by atoms with van der Waals surface area (Å²) >= 11 is 3.40. The van der Waals surface area contributed by atoms with Crippen molar-refractivity contribution in [3.8, 4) is 0 Å². The predicted molar refractivity (Wildman–Crippen MR) is 106 cm³/mol. The minimum Gasteiger partial charge on any atom is -0.349 e. The molecule has 1 aromatic rings. The summed E-state index contributed by atoms with van der Waals surface area (Å²) in [7, 11) is -3.54. The molecule has 0 radical (unpaired) electrons. The molecule has 1 N–H and O–H groups in total. The van der Waals surface area contributed by atoms with Crippen LogP contribution in [0.25, 0.3) is 0 Å². The molecule has 0 bridgehead atoms. The molecule has 0 unspecified atom stereocenters. The van der Waals surface area contributed by atoms with Crippen molar-refractivity contribution in [2.75, 3.05) is 13.1 Å². The van der Waals surface area contributed by atoms with Crippen LogP contribution in [0.4, 0.5) is 0 Å². The van der Waals surface area contributed by atoms with Gasteiger partial charge in [0.15, 0.2) is 0 Å². The van der Waals surface area contributed by atoms with Gasteiger partial charge in [0.25, 0.3) is 5.91 Å². The smallest absolute Gasteiger partial charge is 0.252 e. The van der Waals surface area contributed by atoms with E-state index < -0.39 is 10.0 Å². The highest BCUT2D eigenvalue weighted by atomic mass is 79.9. The van der Waals surface area contributed by atoms with E-state index in [1.54, 1.807) is 12.1 Å². The number of hydrogen-bond donors (Lipinski definition) is 1. The Morgan fingerprint density at radius 3 is 2.27 bits per heavy atom. The van der Waals surface area contributed by atoms with Crippen LogP contribution in [-0.4, -0.2) is 37.8 Å². The Kier molecular flexibility index (Phi) is 6.75. The molecule has 0 atom stereocenters. The van der Waals surface area contributed by atoms with Crippen LogP contribution in [0.2, 0.25) is 0 Å². The second kappa shape index (κ2) is 8.85. The van der Waals surface area contributed by atoms with E-state index in [1.807, 2.05) is 0 Å². The number of nitrogens with one attached hydrogen (secondary N) is 1. The number of carbonyl (C=O) groups is 1. The summed E-state index contributed by atoms with van der Waals surface area (Å²) in [5.74, 6) is -0.195. The van der Waals surface area contributed by atoms with Crippen molar-refractivity contribution >= 4 is 31.9 Å². The average Bonchev–Trinajstić information content (AvgIpc) is 2.91. The summed E-state index contributed by atoms with van der Waals surface area (Å²) in [6.07, 6.45) is 9.56. The Morgan fingerprint density at radius 2 is 1.62 bits per heavy atom. The molecule has 1 aliphatic carbocycles. The highest BCUT2D eigenvalue weighted by Crippen LogP contribution is 2.26. The lowest BCUT2D eigenvalue weighted by molar-refractivity contribution is 0.0932. The van der Waals surface area contributed by atoms with E-state index in [0.29, 0.717) is 23.1 Å². The summed E-state index contributed by atoms with van der Waals surface area (Å²) in [6.45, 7) is 1.12. The van der Waals surface area contributed by atoms with Crippen LogP contribution in [0, 0.1) is 0 Å². The van der Waals surface area contributed by atoms with Gasteiger partial charge in [-0.1, -0.05) is 32.1 Å². The largest absolute Gasteiger partial charge is 0.349 e. The quantitative estimate of drug-likeness (QED) is 0.714. The Morgan fingerprint density at radius 1 is 1.00 bits per heavy atom. The molecule has 1 saturated carbocycles. The van der Waals surface area contributed by atoms with Gasteiger partial charge < -0.3 is 5.32 Å². The fourth-order valence-corrected chi connectivity index (χ4v) is 5.75. The standard InChI is InChI=1S/C19H27BrN2O3S/c20-18-11-10-16(26(24,25)22-12-6-3-7-13-22)14-17(18)19(23)21-15-8-4-1-2-5-9-15/h10-11,14-15H,1-9,12-13H2,(H,21,23). The van der Waals surface area contributed by atoms with Crippen molar-refractivity contribution in [1.29, 1.82) is 0 Å². The van der Waals surface area contributed by atoms with Gasteiger partial charge in [-0.25, -0.2) is 8.42 Å². The fraction of sp³-hybridized carbons (Fsp3) is 0.632. The molecular weight excluding hydrogens is 416 g/mol. The van der Waals surface area contributed by atoms with Gasteiger partial charge in [0, 0.05) is 23.6 Å². The Hall–Kier alpha value is -0.920. The molecule has 2 fully saturated rings. The third-order valence-corrected chi connectivity index (χ3v) is 7.91. The molecule has 0 aromatic heterocycles. The van der Waals surface area contributed by atoms with Gasteiger partial charge in [-0.05, 0) is 59.8 Å². The molecular formula is C19H27BrN2O3S. The van der Waals surface area contributed by atoms with Crippen LogP contribution in [0.5, 0.6) is 0 Å². The lowest BCUT2D eigenvalue weighted by atomic mass is 10.1. The van der Waals surface area contributed by atoms with Crippen LogP contribution in [0.15, 0.2) is 27.6 Å². The van der Waals surface area contributed by atoms with E-state index in [1.165, 1.54) is 23.2 Å². The van der Waals surface area contributed by atoms with Gasteiger partial charge in [-0.15, -0.1) is 0 Å². The molecule has 1 saturated heterocycles. The number of benzene rings is 1. The molecule has 3 rings (SSSR count). The number of piperidine rings is 1. The first-order chi connectivity index (χ1) is 12.5. The molecule has 26 heavy (non-hydrogen) atoms. The Bertz CT molecular complexity index is 737. The molecule has 1 aromatic carbocycles. The van der Waals surface area contributed by atoms with E-state index in [-0.39, 0.29) is 16.8 Å². The molecule has 7 heteroatoms. The van der Waals surface area contributed by atoms with Crippen LogP contribution in [-0.2, 0) is 10.0 Å². The van der Waals surface area contributed by atoms with Gasteiger partial charge in [0.05, 0.1) is 10.5 Å². The van der Waals surface area contributed by atoms with E-state index >= 15 is 0 Å². The van der Waals surface area contributed by atoms with E-state index in [9.17, 15) is 13.2 Å². The number of halogens is 1. The number of hydrogen-bond acceptors (Lipinski definition) is 3. The second-order valence-electron chi connectivity index (χ2n) is 7.27. The Balaban J connectivity index is 1.79. The third kappa shape index (κ3) is 4.67. The lowest BCUT2D eigenvalue weighted by Crippen LogP contribution is -2.36. The zero-order valence-electron chi connectivity index (χ0n) is 15.0. The number of nitrogens with zero attached hydrogens (tertiary/aromatic N) is 1. The third-order valence-electron chi connectivity index (χ3n) is 5.33. The van der Waals surface area contributed by atoms with E-state index in [0.717, 1.165) is 44.9 Å². The zero-order valence-corrected chi connectivity index (χ0v) is 17.4. The molecule has 2 aliphatic rings. The van der Waals surface area contributed by atoms with Crippen molar-refractivity contribution < 1.29 is 13.2 Å².